The Hall–Kier alpha value is -6.38. The van der Waals surface area contributed by atoms with Gasteiger partial charge in [-0.2, -0.15) is 0 Å². The molecule has 4 aromatic rings. The molecule has 2 heterocycles. The first-order chi connectivity index (χ1) is 31.9. The van der Waals surface area contributed by atoms with Crippen LogP contribution in [0.5, 0.6) is 11.5 Å². The van der Waals surface area contributed by atoms with Crippen LogP contribution in [-0.4, -0.2) is 93.2 Å². The molecule has 67 heavy (non-hydrogen) atoms. The maximum absolute atomic E-state index is 14.7. The Morgan fingerprint density at radius 1 is 0.851 bits per heavy atom. The molecule has 1 fully saturated rings. The molecule has 15 heteroatoms. The van der Waals surface area contributed by atoms with Crippen LogP contribution in [0.25, 0.3) is 22.3 Å². The number of nitrogens with one attached hydrogen (secondary N) is 1. The number of carbonyl (C=O) groups is 7. The minimum Gasteiger partial charge on any atom is -0.507 e. The molecule has 0 spiro atoms. The number of halogens is 1. The molecule has 0 unspecified atom stereocenters. The number of hydrogen-bond acceptors (Lipinski definition) is 10. The Morgan fingerprint density at radius 2 is 1.48 bits per heavy atom. The summed E-state index contributed by atoms with van der Waals surface area (Å²) >= 11 is 6.07. The second-order valence-corrected chi connectivity index (χ2v) is 18.8. The summed E-state index contributed by atoms with van der Waals surface area (Å²) < 4.78 is 0. The Bertz CT molecular complexity index is 2510. The van der Waals surface area contributed by atoms with E-state index in [9.17, 15) is 43.8 Å². The average molecular weight is 935 g/mol. The molecule has 14 nitrogen and oxygen atoms in total. The van der Waals surface area contributed by atoms with Crippen LogP contribution >= 0.6 is 11.6 Å². The van der Waals surface area contributed by atoms with Gasteiger partial charge in [0.15, 0.2) is 17.3 Å². The van der Waals surface area contributed by atoms with E-state index in [1.54, 1.807) is 43.3 Å². The number of amides is 4. The number of hydrogen-bond donors (Lipinski definition) is 5. The number of fused-ring (bicyclic) bond motifs is 5. The van der Waals surface area contributed by atoms with Gasteiger partial charge in [-0.15, -0.1) is 0 Å². The number of nitrogens with zero attached hydrogens (tertiary/aromatic N) is 2. The minimum absolute atomic E-state index is 0.0386. The first kappa shape index (κ1) is 50.0. The SMILES string of the molecule is C[C@@H]1C[C@@H](C(N)=O)N(C(=O)[C@H](C)CC(=O)[C@@H]2Cc3ccc(O)c(c3)-c3cc(ccc3O)[C@H](N(C)C(=O)[C@H](CCCCN)CC(=O)c3ccc(-c4ccc(Cl)cc4)cc3)C(=O)C[C@@H](C)C(=O)N2)C1. The average Bonchev–Trinajstić information content (AvgIpc) is 3.70. The van der Waals surface area contributed by atoms with Gasteiger partial charge < -0.3 is 36.8 Å². The second-order valence-electron chi connectivity index (χ2n) is 18.3. The van der Waals surface area contributed by atoms with Gasteiger partial charge in [-0.25, -0.2) is 0 Å². The van der Waals surface area contributed by atoms with Crippen molar-refractivity contribution >= 4 is 52.6 Å². The number of phenolic OH excluding ortho intramolecular Hbond substituents is 2. The molecule has 0 saturated carbocycles. The Labute approximate surface area is 396 Å². The van der Waals surface area contributed by atoms with E-state index in [2.05, 4.69) is 5.32 Å². The number of ketones is 3. The maximum Gasteiger partial charge on any atom is 0.240 e. The highest BCUT2D eigenvalue weighted by Gasteiger charge is 2.40. The van der Waals surface area contributed by atoms with Crippen molar-refractivity contribution in [3.8, 4) is 33.8 Å². The monoisotopic (exact) mass is 933 g/mol. The zero-order valence-corrected chi connectivity index (χ0v) is 39.1. The molecule has 0 radical (unpaired) electrons. The van der Waals surface area contributed by atoms with Crippen molar-refractivity contribution in [2.24, 2.45) is 35.1 Å². The quantitative estimate of drug-likeness (QED) is 0.0637. The van der Waals surface area contributed by atoms with Crippen LogP contribution in [0.15, 0.2) is 84.9 Å². The Kier molecular flexibility index (Phi) is 16.4. The number of primary amides is 1. The summed E-state index contributed by atoms with van der Waals surface area (Å²) in [7, 11) is 1.47. The first-order valence-corrected chi connectivity index (χ1v) is 23.2. The van der Waals surface area contributed by atoms with E-state index in [4.69, 9.17) is 23.1 Å². The van der Waals surface area contributed by atoms with E-state index in [1.807, 2.05) is 31.2 Å². The summed E-state index contributed by atoms with van der Waals surface area (Å²) in [6, 6.07) is 20.0. The fraction of sp³-hybridized carbons (Fsp3) is 0.404. The van der Waals surface area contributed by atoms with Gasteiger partial charge in [0.1, 0.15) is 23.6 Å². The van der Waals surface area contributed by atoms with E-state index in [1.165, 1.54) is 48.0 Å². The van der Waals surface area contributed by atoms with E-state index in [-0.39, 0.29) is 60.0 Å². The fourth-order valence-corrected chi connectivity index (χ4v) is 9.39. The van der Waals surface area contributed by atoms with Gasteiger partial charge in [-0.05, 0) is 96.8 Å². The molecule has 7 atom stereocenters. The molecule has 0 aliphatic carbocycles. The van der Waals surface area contributed by atoms with E-state index in [0.717, 1.165) is 11.1 Å². The highest BCUT2D eigenvalue weighted by atomic mass is 35.5. The smallest absolute Gasteiger partial charge is 0.240 e. The molecule has 1 saturated heterocycles. The number of aromatic hydroxyl groups is 2. The lowest BCUT2D eigenvalue weighted by Gasteiger charge is -2.32. The summed E-state index contributed by atoms with van der Waals surface area (Å²) in [5.74, 6) is -6.53. The molecule has 7 N–H and O–H groups in total. The van der Waals surface area contributed by atoms with Crippen LogP contribution in [0.1, 0.15) is 93.2 Å². The summed E-state index contributed by atoms with van der Waals surface area (Å²) in [5, 5.41) is 25.8. The maximum atomic E-state index is 14.7. The number of carbonyl (C=O) groups excluding carboxylic acids is 7. The normalized spacial score (nSPS) is 20.6. The van der Waals surface area contributed by atoms with Crippen molar-refractivity contribution < 1.29 is 43.8 Å². The highest BCUT2D eigenvalue weighted by Crippen LogP contribution is 2.40. The molecular formula is C52H60ClN5O9. The third-order valence-electron chi connectivity index (χ3n) is 13.1. The number of benzene rings is 4. The lowest BCUT2D eigenvalue weighted by molar-refractivity contribution is -0.142. The van der Waals surface area contributed by atoms with Crippen LogP contribution in [-0.2, 0) is 35.2 Å². The molecule has 4 aromatic carbocycles. The minimum atomic E-state index is -1.30. The predicted octanol–water partition coefficient (Wildman–Crippen LogP) is 6.56. The number of rotatable bonds is 15. The number of unbranched alkanes of at least 4 members (excludes halogenated alkanes) is 1. The van der Waals surface area contributed by atoms with Gasteiger partial charge in [0.25, 0.3) is 0 Å². The fourth-order valence-electron chi connectivity index (χ4n) is 9.26. The number of Topliss-reactive ketones (excluding diaryl/α,β-unsaturated/α-hetero) is 3. The number of likely N-dealkylation sites (N-methyl/N-ethyl adjacent to an activating group) is 1. The van der Waals surface area contributed by atoms with Gasteiger partial charge in [-0.1, -0.05) is 87.3 Å². The van der Waals surface area contributed by atoms with Crippen molar-refractivity contribution in [3.05, 3.63) is 107 Å². The standard InChI is InChI=1S/C52H60ClN5O9/c1-29-21-42(49(55)64)58(28-29)51(66)31(3)23-46(62)41-25-32-8-18-43(59)39(24-32)40-26-36(15-19-44(40)60)48(47(63)22-30(2)50(65)56-41)57(4)52(67)37(7-5-6-20-54)27-45(61)35-11-9-33(10-12-35)34-13-16-38(53)17-14-34/h8-19,24,26,29-31,37,41-42,48,59-60H,5-7,20-23,25,27-28,54H2,1-4H3,(H2,55,64)(H,56,65)/t29-,30-,31-,37-,41+,42+,48+/m1/s1. The zero-order chi connectivity index (χ0) is 48.7. The van der Waals surface area contributed by atoms with Gasteiger partial charge in [0.2, 0.25) is 23.6 Å². The summed E-state index contributed by atoms with van der Waals surface area (Å²) in [6.45, 7) is 5.72. The largest absolute Gasteiger partial charge is 0.507 e. The van der Waals surface area contributed by atoms with Crippen molar-refractivity contribution in [3.63, 3.8) is 0 Å². The first-order valence-electron chi connectivity index (χ1n) is 22.8. The molecule has 354 valence electrons. The molecule has 2 aliphatic rings. The molecule has 6 rings (SSSR count). The van der Waals surface area contributed by atoms with Crippen LogP contribution < -0.4 is 16.8 Å². The third-order valence-corrected chi connectivity index (χ3v) is 13.3. The van der Waals surface area contributed by atoms with Crippen molar-refractivity contribution in [1.82, 2.24) is 15.1 Å². The van der Waals surface area contributed by atoms with Gasteiger partial charge in [0.05, 0.1) is 6.04 Å². The van der Waals surface area contributed by atoms with Gasteiger partial charge in [-0.3, -0.25) is 33.6 Å². The van der Waals surface area contributed by atoms with Crippen LogP contribution in [0.3, 0.4) is 0 Å². The molecule has 4 bridgehead atoms. The Morgan fingerprint density at radius 3 is 2.12 bits per heavy atom. The summed E-state index contributed by atoms with van der Waals surface area (Å²) in [4.78, 5) is 99.9. The summed E-state index contributed by atoms with van der Waals surface area (Å²) in [6.07, 6.45) is 1.01. The number of nitrogens with two attached hydrogens (primary N) is 2. The molecule has 4 amide bonds. The zero-order valence-electron chi connectivity index (χ0n) is 38.4. The van der Waals surface area contributed by atoms with Gasteiger partial charge in [0, 0.05) is 72.3 Å². The summed E-state index contributed by atoms with van der Waals surface area (Å²) in [5.41, 5.74) is 14.8. The van der Waals surface area contributed by atoms with E-state index >= 15 is 0 Å². The van der Waals surface area contributed by atoms with Crippen LogP contribution in [0.4, 0.5) is 0 Å². The van der Waals surface area contributed by atoms with Crippen molar-refractivity contribution in [2.75, 3.05) is 20.1 Å². The van der Waals surface area contributed by atoms with Crippen LogP contribution in [0, 0.1) is 23.7 Å². The van der Waals surface area contributed by atoms with E-state index < -0.39 is 71.1 Å². The number of likely N-dealkylation sites (tertiary alicyclic amines) is 1. The lowest BCUT2D eigenvalue weighted by atomic mass is 9.87. The molecule has 2 aliphatic heterocycles. The second kappa shape index (κ2) is 21.9. The topological polar surface area (TPSA) is 230 Å². The molecular weight excluding hydrogens is 874 g/mol. The Balaban J connectivity index is 1.29. The van der Waals surface area contributed by atoms with Gasteiger partial charge >= 0.3 is 0 Å². The lowest BCUT2D eigenvalue weighted by Crippen LogP contribution is -2.48. The van der Waals surface area contributed by atoms with E-state index in [0.29, 0.717) is 60.5 Å². The number of phenols is 2. The highest BCUT2D eigenvalue weighted by molar-refractivity contribution is 6.30. The van der Waals surface area contributed by atoms with Crippen LogP contribution in [0.2, 0.25) is 5.02 Å². The van der Waals surface area contributed by atoms with Crippen molar-refractivity contribution in [1.29, 1.82) is 0 Å². The predicted molar refractivity (Wildman–Crippen MR) is 255 cm³/mol. The third kappa shape index (κ3) is 12.0. The molecule has 0 aromatic heterocycles. The van der Waals surface area contributed by atoms with Crippen molar-refractivity contribution in [2.45, 2.75) is 90.3 Å².